The number of aromatic hydroxyl groups is 1. The number of benzene rings is 2. The number of anilines is 2. The lowest BCUT2D eigenvalue weighted by Crippen LogP contribution is -1.98. The van der Waals surface area contributed by atoms with Gasteiger partial charge in [0.2, 0.25) is 5.95 Å². The molecule has 3 rings (SSSR count). The minimum Gasteiger partial charge on any atom is -0.504 e. The number of phenolic OH excluding ortho intramolecular Hbond substituents is 1. The maximum absolute atomic E-state index is 13.0. The zero-order valence-corrected chi connectivity index (χ0v) is 12.2. The molecule has 0 radical (unpaired) electrons. The van der Waals surface area contributed by atoms with E-state index in [1.807, 2.05) is 0 Å². The molecule has 2 N–H and O–H groups in total. The van der Waals surface area contributed by atoms with Crippen molar-refractivity contribution < 1.29 is 14.2 Å². The van der Waals surface area contributed by atoms with E-state index in [1.54, 1.807) is 12.3 Å². The Morgan fingerprint density at radius 3 is 2.82 bits per heavy atom. The van der Waals surface area contributed by atoms with Gasteiger partial charge in [-0.1, -0.05) is 11.6 Å². The van der Waals surface area contributed by atoms with Gasteiger partial charge in [0.15, 0.2) is 11.5 Å². The first-order valence-corrected chi connectivity index (χ1v) is 6.70. The average molecular weight is 320 g/mol. The van der Waals surface area contributed by atoms with Crippen molar-refractivity contribution in [3.05, 3.63) is 47.4 Å². The minimum atomic E-state index is -0.421. The van der Waals surface area contributed by atoms with E-state index in [0.717, 1.165) is 0 Å². The summed E-state index contributed by atoms with van der Waals surface area (Å²) in [4.78, 5) is 8.45. The summed E-state index contributed by atoms with van der Waals surface area (Å²) in [7, 11) is 1.46. The molecule has 5 nitrogen and oxygen atoms in total. The highest BCUT2D eigenvalue weighted by Gasteiger charge is 2.08. The molecule has 2 aromatic carbocycles. The van der Waals surface area contributed by atoms with Gasteiger partial charge >= 0.3 is 0 Å². The predicted molar refractivity (Wildman–Crippen MR) is 82.4 cm³/mol. The number of hydrogen-bond donors (Lipinski definition) is 2. The first-order valence-electron chi connectivity index (χ1n) is 6.32. The highest BCUT2D eigenvalue weighted by Crippen LogP contribution is 2.31. The zero-order valence-electron chi connectivity index (χ0n) is 11.5. The normalized spacial score (nSPS) is 10.7. The molecule has 0 saturated heterocycles. The summed E-state index contributed by atoms with van der Waals surface area (Å²) in [6, 6.07) is 7.11. The fraction of sp³-hybridized carbons (Fsp3) is 0.0667. The van der Waals surface area contributed by atoms with E-state index >= 15 is 0 Å². The molecule has 0 spiro atoms. The molecule has 1 heterocycles. The van der Waals surface area contributed by atoms with Crippen LogP contribution in [0, 0.1) is 5.82 Å². The summed E-state index contributed by atoms with van der Waals surface area (Å²) in [6.07, 6.45) is 1.56. The number of halogens is 2. The molecule has 112 valence electrons. The highest BCUT2D eigenvalue weighted by atomic mass is 35.5. The van der Waals surface area contributed by atoms with E-state index in [4.69, 9.17) is 16.3 Å². The third kappa shape index (κ3) is 2.73. The van der Waals surface area contributed by atoms with Gasteiger partial charge in [-0.05, 0) is 24.3 Å². The molecule has 0 unspecified atom stereocenters. The topological polar surface area (TPSA) is 67.3 Å². The van der Waals surface area contributed by atoms with Crippen molar-refractivity contribution in [3.63, 3.8) is 0 Å². The Kier molecular flexibility index (Phi) is 3.68. The van der Waals surface area contributed by atoms with Crippen molar-refractivity contribution in [2.24, 2.45) is 0 Å². The van der Waals surface area contributed by atoms with Crippen LogP contribution in [0.4, 0.5) is 16.0 Å². The smallest absolute Gasteiger partial charge is 0.227 e. The number of hydrogen-bond acceptors (Lipinski definition) is 5. The summed E-state index contributed by atoms with van der Waals surface area (Å²) in [5, 5.41) is 13.5. The van der Waals surface area contributed by atoms with E-state index in [1.165, 1.54) is 31.4 Å². The van der Waals surface area contributed by atoms with Gasteiger partial charge in [0.25, 0.3) is 0 Å². The van der Waals surface area contributed by atoms with Crippen LogP contribution < -0.4 is 10.1 Å². The zero-order chi connectivity index (χ0) is 15.7. The molecule has 0 aliphatic rings. The average Bonchev–Trinajstić information content (AvgIpc) is 2.49. The molecule has 0 saturated carbocycles. The van der Waals surface area contributed by atoms with E-state index < -0.39 is 5.82 Å². The lowest BCUT2D eigenvalue weighted by atomic mass is 10.2. The second-order valence-electron chi connectivity index (χ2n) is 4.53. The van der Waals surface area contributed by atoms with Gasteiger partial charge in [-0.2, -0.15) is 0 Å². The number of ether oxygens (including phenoxy) is 1. The molecular formula is C15H11ClFN3O2. The second kappa shape index (κ2) is 5.65. The van der Waals surface area contributed by atoms with Gasteiger partial charge in [0.05, 0.1) is 23.3 Å². The van der Waals surface area contributed by atoms with Crippen LogP contribution in [-0.2, 0) is 0 Å². The molecule has 0 amide bonds. The Bertz CT molecular complexity index is 858. The number of rotatable bonds is 3. The van der Waals surface area contributed by atoms with E-state index in [2.05, 4.69) is 15.3 Å². The fourth-order valence-corrected chi connectivity index (χ4v) is 2.20. The molecule has 3 aromatic rings. The largest absolute Gasteiger partial charge is 0.504 e. The summed E-state index contributed by atoms with van der Waals surface area (Å²) in [6.45, 7) is 0. The molecule has 0 fully saturated rings. The molecule has 0 atom stereocenters. The van der Waals surface area contributed by atoms with Crippen molar-refractivity contribution in [1.82, 2.24) is 9.97 Å². The minimum absolute atomic E-state index is 0.0147. The highest BCUT2D eigenvalue weighted by molar-refractivity contribution is 6.33. The van der Waals surface area contributed by atoms with E-state index in [9.17, 15) is 9.50 Å². The van der Waals surface area contributed by atoms with E-state index in [0.29, 0.717) is 28.3 Å². The first kappa shape index (κ1) is 14.3. The van der Waals surface area contributed by atoms with Crippen LogP contribution in [0.1, 0.15) is 0 Å². The lowest BCUT2D eigenvalue weighted by Gasteiger charge is -2.09. The lowest BCUT2D eigenvalue weighted by molar-refractivity contribution is 0.374. The van der Waals surface area contributed by atoms with Crippen LogP contribution in [0.25, 0.3) is 10.9 Å². The van der Waals surface area contributed by atoms with Crippen LogP contribution in [-0.4, -0.2) is 22.2 Å². The molecule has 7 heteroatoms. The van der Waals surface area contributed by atoms with Crippen molar-refractivity contribution in [3.8, 4) is 11.5 Å². The Morgan fingerprint density at radius 2 is 2.09 bits per heavy atom. The Balaban J connectivity index is 1.99. The molecule has 0 bridgehead atoms. The van der Waals surface area contributed by atoms with Gasteiger partial charge in [-0.25, -0.2) is 14.4 Å². The van der Waals surface area contributed by atoms with Gasteiger partial charge in [0.1, 0.15) is 5.82 Å². The fourth-order valence-electron chi connectivity index (χ4n) is 1.98. The third-order valence-electron chi connectivity index (χ3n) is 3.06. The van der Waals surface area contributed by atoms with Crippen molar-refractivity contribution in [2.75, 3.05) is 12.4 Å². The molecule has 0 aliphatic carbocycles. The third-order valence-corrected chi connectivity index (χ3v) is 3.37. The van der Waals surface area contributed by atoms with Gasteiger partial charge < -0.3 is 15.2 Å². The number of aromatic nitrogens is 2. The summed E-state index contributed by atoms with van der Waals surface area (Å²) in [5.41, 5.74) is 1.08. The van der Waals surface area contributed by atoms with E-state index in [-0.39, 0.29) is 10.8 Å². The van der Waals surface area contributed by atoms with Gasteiger partial charge in [0, 0.05) is 17.6 Å². The Hall–Kier alpha value is -2.60. The summed E-state index contributed by atoms with van der Waals surface area (Å²) >= 11 is 5.95. The number of phenols is 1. The maximum atomic E-state index is 13.0. The Morgan fingerprint density at radius 1 is 1.27 bits per heavy atom. The molecule has 22 heavy (non-hydrogen) atoms. The van der Waals surface area contributed by atoms with Crippen LogP contribution in [0.3, 0.4) is 0 Å². The van der Waals surface area contributed by atoms with Crippen molar-refractivity contribution in [2.45, 2.75) is 0 Å². The van der Waals surface area contributed by atoms with Crippen LogP contribution in [0.5, 0.6) is 11.5 Å². The van der Waals surface area contributed by atoms with Crippen molar-refractivity contribution in [1.29, 1.82) is 0 Å². The second-order valence-corrected chi connectivity index (χ2v) is 4.93. The molecule has 1 aromatic heterocycles. The standard InChI is InChI=1S/C15H11ClFN3O2/c1-22-14-6-12-8(4-13(14)21)7-18-15(20-12)19-11-3-2-9(17)5-10(11)16/h2-7,21H,1H3,(H,18,19,20). The summed E-state index contributed by atoms with van der Waals surface area (Å²) < 4.78 is 18.1. The molecular weight excluding hydrogens is 309 g/mol. The number of methoxy groups -OCH3 is 1. The monoisotopic (exact) mass is 319 g/mol. The Labute approximate surface area is 130 Å². The number of fused-ring (bicyclic) bond motifs is 1. The number of nitrogens with one attached hydrogen (secondary N) is 1. The quantitative estimate of drug-likeness (QED) is 0.767. The van der Waals surface area contributed by atoms with Crippen LogP contribution >= 0.6 is 11.6 Å². The SMILES string of the molecule is COc1cc2nc(Nc3ccc(F)cc3Cl)ncc2cc1O. The van der Waals surface area contributed by atoms with Crippen LogP contribution in [0.15, 0.2) is 36.5 Å². The maximum Gasteiger partial charge on any atom is 0.227 e. The summed E-state index contributed by atoms with van der Waals surface area (Å²) in [5.74, 6) is 0.210. The van der Waals surface area contributed by atoms with Gasteiger partial charge in [-0.3, -0.25) is 0 Å². The number of nitrogens with zero attached hydrogens (tertiary/aromatic N) is 2. The van der Waals surface area contributed by atoms with Gasteiger partial charge in [-0.15, -0.1) is 0 Å². The van der Waals surface area contributed by atoms with Crippen molar-refractivity contribution >= 4 is 34.1 Å². The molecule has 0 aliphatic heterocycles. The predicted octanol–water partition coefficient (Wildman–Crippen LogP) is 3.88. The first-order chi connectivity index (χ1) is 10.6. The van der Waals surface area contributed by atoms with Crippen LogP contribution in [0.2, 0.25) is 5.02 Å².